The highest BCUT2D eigenvalue weighted by Crippen LogP contribution is 2.64. The van der Waals surface area contributed by atoms with Crippen molar-refractivity contribution in [2.45, 2.75) is 101 Å². The summed E-state index contributed by atoms with van der Waals surface area (Å²) in [5.74, 6) is -1.57. The van der Waals surface area contributed by atoms with Crippen LogP contribution in [0.3, 0.4) is 0 Å². The molecule has 4 fully saturated rings. The molecule has 3 saturated heterocycles. The van der Waals surface area contributed by atoms with Gasteiger partial charge in [0.25, 0.3) is 0 Å². The molecule has 4 rings (SSSR count). The zero-order chi connectivity index (χ0) is 27.5. The molecule has 3 heterocycles. The van der Waals surface area contributed by atoms with E-state index < -0.39 is 29.1 Å². The van der Waals surface area contributed by atoms with E-state index in [0.717, 1.165) is 32.1 Å². The lowest BCUT2D eigenvalue weighted by molar-refractivity contribution is -0.156. The van der Waals surface area contributed by atoms with Crippen LogP contribution in [-0.2, 0) is 19.1 Å². The van der Waals surface area contributed by atoms with Gasteiger partial charge in [-0.25, -0.2) is 0 Å². The van der Waals surface area contributed by atoms with Crippen molar-refractivity contribution in [1.29, 1.82) is 0 Å². The summed E-state index contributed by atoms with van der Waals surface area (Å²) >= 11 is 0. The highest BCUT2D eigenvalue weighted by molar-refractivity contribution is 5.99. The second-order valence-corrected chi connectivity index (χ2v) is 11.7. The van der Waals surface area contributed by atoms with E-state index in [1.165, 1.54) is 6.42 Å². The van der Waals surface area contributed by atoms with Gasteiger partial charge < -0.3 is 24.5 Å². The van der Waals surface area contributed by atoms with Crippen LogP contribution < -0.4 is 0 Å². The van der Waals surface area contributed by atoms with Crippen LogP contribution in [0.1, 0.15) is 77.6 Å². The van der Waals surface area contributed by atoms with E-state index in [1.54, 1.807) is 29.0 Å². The first kappa shape index (κ1) is 28.8. The standard InChI is InChI=1S/C30H47N3O5/c1-5-18-31(4)26(35)23-24-27(36)33(20-12-9-13-21-34)25(30(24)17-16-29(23,7-3)38-30)28(37)32(19-6-2)22-14-10-8-11-15-22/h5-6,22-25,34H,1-2,7-21H2,3-4H3/t23-,24-,25?,29+,30?/m0/s1. The maximum atomic E-state index is 14.6. The number of aliphatic hydroxyl groups is 1. The first-order valence-corrected chi connectivity index (χ1v) is 14.7. The molecule has 0 radical (unpaired) electrons. The molecule has 5 atom stereocenters. The molecule has 212 valence electrons. The van der Waals surface area contributed by atoms with Gasteiger partial charge in [0.05, 0.1) is 17.4 Å². The maximum Gasteiger partial charge on any atom is 0.248 e. The number of ether oxygens (including phenoxy) is 1. The number of carbonyl (C=O) groups is 3. The Kier molecular flexibility index (Phi) is 9.03. The van der Waals surface area contributed by atoms with Crippen molar-refractivity contribution in [1.82, 2.24) is 14.7 Å². The summed E-state index contributed by atoms with van der Waals surface area (Å²) in [6.45, 7) is 11.1. The number of nitrogens with zero attached hydrogens (tertiary/aromatic N) is 3. The van der Waals surface area contributed by atoms with Crippen LogP contribution in [0.25, 0.3) is 0 Å². The van der Waals surface area contributed by atoms with E-state index in [4.69, 9.17) is 4.74 Å². The number of amides is 3. The predicted octanol–water partition coefficient (Wildman–Crippen LogP) is 3.30. The molecular formula is C30H47N3O5. The number of unbranched alkanes of at least 4 members (excludes halogenated alkanes) is 2. The Morgan fingerprint density at radius 2 is 1.79 bits per heavy atom. The Bertz CT molecular complexity index is 918. The summed E-state index contributed by atoms with van der Waals surface area (Å²) in [4.78, 5) is 48.0. The number of likely N-dealkylation sites (tertiary alicyclic amines) is 1. The van der Waals surface area contributed by atoms with Gasteiger partial charge in [-0.05, 0) is 51.4 Å². The van der Waals surface area contributed by atoms with Crippen LogP contribution in [0.2, 0.25) is 0 Å². The van der Waals surface area contributed by atoms with Crippen LogP contribution in [0.5, 0.6) is 0 Å². The molecule has 1 N–H and O–H groups in total. The average molecular weight is 530 g/mol. The van der Waals surface area contributed by atoms with Crippen molar-refractivity contribution in [3.05, 3.63) is 25.3 Å². The second kappa shape index (κ2) is 11.9. The Morgan fingerprint density at radius 3 is 2.42 bits per heavy atom. The van der Waals surface area contributed by atoms with Gasteiger partial charge in [0.1, 0.15) is 11.6 Å². The van der Waals surface area contributed by atoms with Gasteiger partial charge in [0, 0.05) is 39.3 Å². The fourth-order valence-corrected chi connectivity index (χ4v) is 7.81. The smallest absolute Gasteiger partial charge is 0.248 e. The molecule has 1 spiro atoms. The maximum absolute atomic E-state index is 14.6. The van der Waals surface area contributed by atoms with Crippen molar-refractivity contribution in [2.75, 3.05) is 33.3 Å². The summed E-state index contributed by atoms with van der Waals surface area (Å²) < 4.78 is 6.91. The number of hydrogen-bond acceptors (Lipinski definition) is 5. The Labute approximate surface area is 228 Å². The molecule has 8 heteroatoms. The molecule has 0 aromatic carbocycles. The molecule has 2 bridgehead atoms. The highest BCUT2D eigenvalue weighted by atomic mass is 16.5. The fraction of sp³-hybridized carbons (Fsp3) is 0.767. The van der Waals surface area contributed by atoms with Crippen molar-refractivity contribution in [3.63, 3.8) is 0 Å². The molecule has 1 aliphatic carbocycles. The molecule has 8 nitrogen and oxygen atoms in total. The van der Waals surface area contributed by atoms with Crippen LogP contribution in [0.15, 0.2) is 25.3 Å². The van der Waals surface area contributed by atoms with E-state index in [0.29, 0.717) is 51.7 Å². The minimum absolute atomic E-state index is 0.0609. The zero-order valence-corrected chi connectivity index (χ0v) is 23.4. The van der Waals surface area contributed by atoms with E-state index >= 15 is 0 Å². The third-order valence-electron chi connectivity index (χ3n) is 9.64. The average Bonchev–Trinajstić information content (AvgIpc) is 3.53. The Hall–Kier alpha value is -2.19. The lowest BCUT2D eigenvalue weighted by Crippen LogP contribution is -2.58. The molecule has 0 aromatic heterocycles. The number of likely N-dealkylation sites (N-methyl/N-ethyl adjacent to an activating group) is 1. The molecule has 2 unspecified atom stereocenters. The van der Waals surface area contributed by atoms with E-state index in [9.17, 15) is 19.5 Å². The molecule has 38 heavy (non-hydrogen) atoms. The van der Waals surface area contributed by atoms with Crippen molar-refractivity contribution < 1.29 is 24.2 Å². The lowest BCUT2D eigenvalue weighted by atomic mass is 9.64. The Balaban J connectivity index is 1.74. The first-order valence-electron chi connectivity index (χ1n) is 14.7. The van der Waals surface area contributed by atoms with Gasteiger partial charge in [0.2, 0.25) is 17.7 Å². The van der Waals surface area contributed by atoms with E-state index in [1.807, 2.05) is 11.8 Å². The van der Waals surface area contributed by atoms with Crippen molar-refractivity contribution >= 4 is 17.7 Å². The Morgan fingerprint density at radius 1 is 1.08 bits per heavy atom. The molecule has 3 aliphatic heterocycles. The summed E-state index contributed by atoms with van der Waals surface area (Å²) in [6, 6.07) is -0.613. The third-order valence-corrected chi connectivity index (χ3v) is 9.64. The number of fused-ring (bicyclic) bond motifs is 1. The zero-order valence-electron chi connectivity index (χ0n) is 23.4. The summed E-state index contributed by atoms with van der Waals surface area (Å²) in [5, 5.41) is 9.27. The van der Waals surface area contributed by atoms with Crippen LogP contribution in [0.4, 0.5) is 0 Å². The number of hydrogen-bond donors (Lipinski definition) is 1. The van der Waals surface area contributed by atoms with Gasteiger partial charge in [0.15, 0.2) is 0 Å². The van der Waals surface area contributed by atoms with Crippen molar-refractivity contribution in [2.24, 2.45) is 11.8 Å². The van der Waals surface area contributed by atoms with Crippen LogP contribution in [-0.4, -0.2) is 94.1 Å². The summed E-state index contributed by atoms with van der Waals surface area (Å²) in [7, 11) is 1.75. The van der Waals surface area contributed by atoms with Gasteiger partial charge in [-0.15, -0.1) is 13.2 Å². The quantitative estimate of drug-likeness (QED) is 0.292. The normalized spacial score (nSPS) is 32.3. The minimum atomic E-state index is -0.995. The molecule has 4 aliphatic rings. The predicted molar refractivity (Wildman–Crippen MR) is 146 cm³/mol. The van der Waals surface area contributed by atoms with E-state index in [-0.39, 0.29) is 30.4 Å². The minimum Gasteiger partial charge on any atom is -0.396 e. The van der Waals surface area contributed by atoms with E-state index in [2.05, 4.69) is 13.2 Å². The number of carbonyl (C=O) groups excluding carboxylic acids is 3. The third kappa shape index (κ3) is 4.72. The van der Waals surface area contributed by atoms with Crippen molar-refractivity contribution in [3.8, 4) is 0 Å². The molecular weight excluding hydrogens is 482 g/mol. The number of aliphatic hydroxyl groups excluding tert-OH is 1. The van der Waals surface area contributed by atoms with Gasteiger partial charge in [-0.1, -0.05) is 38.3 Å². The number of rotatable bonds is 13. The summed E-state index contributed by atoms with van der Waals surface area (Å²) in [6.07, 6.45) is 12.7. The van der Waals surface area contributed by atoms with Crippen LogP contribution in [0, 0.1) is 11.8 Å². The lowest BCUT2D eigenvalue weighted by Gasteiger charge is -2.41. The first-order chi connectivity index (χ1) is 18.3. The molecule has 3 amide bonds. The largest absolute Gasteiger partial charge is 0.396 e. The van der Waals surface area contributed by atoms with Gasteiger partial charge in [-0.3, -0.25) is 14.4 Å². The topological polar surface area (TPSA) is 90.4 Å². The SMILES string of the molecule is C=CCN(C)C(=O)[C@@H]1[C@H]2C(=O)N(CCCCCO)C(C(=O)N(CC=C)C3CCCCC3)C23CC[C@@]1(CC)O3. The molecule has 0 aromatic rings. The highest BCUT2D eigenvalue weighted by Gasteiger charge is 2.79. The molecule has 1 saturated carbocycles. The van der Waals surface area contributed by atoms with Gasteiger partial charge in [-0.2, -0.15) is 0 Å². The van der Waals surface area contributed by atoms with Crippen LogP contribution >= 0.6 is 0 Å². The summed E-state index contributed by atoms with van der Waals surface area (Å²) in [5.41, 5.74) is -1.73. The second-order valence-electron chi connectivity index (χ2n) is 11.7. The fourth-order valence-electron chi connectivity index (χ4n) is 7.81. The van der Waals surface area contributed by atoms with Gasteiger partial charge >= 0.3 is 0 Å². The monoisotopic (exact) mass is 529 g/mol.